The lowest BCUT2D eigenvalue weighted by atomic mass is 10.0. The highest BCUT2D eigenvalue weighted by molar-refractivity contribution is 7.14. The fraction of sp³-hybridized carbons (Fsp3) is 0.125. The van der Waals surface area contributed by atoms with Gasteiger partial charge in [0.05, 0.1) is 12.8 Å². The summed E-state index contributed by atoms with van der Waals surface area (Å²) in [4.78, 5) is 21.4. The van der Waals surface area contributed by atoms with Crippen molar-refractivity contribution in [1.29, 1.82) is 0 Å². The van der Waals surface area contributed by atoms with Gasteiger partial charge in [0.25, 0.3) is 0 Å². The summed E-state index contributed by atoms with van der Waals surface area (Å²) >= 11 is 1.32. The van der Waals surface area contributed by atoms with Gasteiger partial charge in [-0.15, -0.1) is 11.3 Å². The van der Waals surface area contributed by atoms with Crippen LogP contribution in [0.3, 0.4) is 0 Å². The molecule has 0 amide bonds. The number of hydrogen-bond acceptors (Lipinski definition) is 7. The number of hydrogen-bond donors (Lipinski definition) is 1. The van der Waals surface area contributed by atoms with Crippen molar-refractivity contribution in [2.24, 2.45) is 4.99 Å². The van der Waals surface area contributed by atoms with Crippen LogP contribution in [0.4, 0.5) is 5.00 Å². The molecule has 0 atom stereocenters. The number of carbonyl (C=O) groups excluding carboxylic acids is 1. The minimum Gasteiger partial charge on any atom is -0.479 e. The van der Waals surface area contributed by atoms with Crippen molar-refractivity contribution in [1.82, 2.24) is 4.98 Å². The molecule has 0 bridgehead atoms. The molecule has 1 N–H and O–H groups in total. The lowest BCUT2D eigenvalue weighted by molar-refractivity contribution is 0.0529. The molecule has 0 aliphatic carbocycles. The summed E-state index contributed by atoms with van der Waals surface area (Å²) in [5.74, 6) is -0.492. The quantitative estimate of drug-likeness (QED) is 0.298. The molecule has 0 radical (unpaired) electrons. The average Bonchev–Trinajstić information content (AvgIpc) is 3.37. The van der Waals surface area contributed by atoms with E-state index < -0.39 is 5.97 Å². The monoisotopic (exact) mass is 432 g/mol. The Bertz CT molecular complexity index is 1220. The van der Waals surface area contributed by atoms with E-state index in [-0.39, 0.29) is 24.1 Å². The Labute approximate surface area is 183 Å². The molecule has 156 valence electrons. The van der Waals surface area contributed by atoms with Gasteiger partial charge in [-0.25, -0.2) is 14.8 Å². The second-order valence-electron chi connectivity index (χ2n) is 6.75. The van der Waals surface area contributed by atoms with Crippen LogP contribution in [0.1, 0.15) is 28.5 Å². The van der Waals surface area contributed by atoms with Crippen LogP contribution in [0.15, 0.2) is 69.4 Å². The van der Waals surface area contributed by atoms with Crippen LogP contribution >= 0.6 is 11.3 Å². The largest absolute Gasteiger partial charge is 0.479 e. The molecule has 0 unspecified atom stereocenters. The van der Waals surface area contributed by atoms with Crippen LogP contribution in [0.25, 0.3) is 22.6 Å². The van der Waals surface area contributed by atoms with Crippen LogP contribution in [-0.2, 0) is 4.74 Å². The number of ether oxygens (including phenoxy) is 1. The van der Waals surface area contributed by atoms with E-state index in [4.69, 9.17) is 9.15 Å². The zero-order valence-electron chi connectivity index (χ0n) is 17.0. The van der Waals surface area contributed by atoms with Crippen LogP contribution in [0.5, 0.6) is 5.95 Å². The normalized spacial score (nSPS) is 11.2. The molecule has 2 aromatic carbocycles. The molecule has 0 spiro atoms. The third-order valence-corrected chi connectivity index (χ3v) is 5.46. The SMILES string of the molecule is CCOC(=O)c1c(-c2ccc(C)cc2)csc1N=Cc1nc(-c2ccccc2)oc1O. The summed E-state index contributed by atoms with van der Waals surface area (Å²) in [5.41, 5.74) is 4.09. The van der Waals surface area contributed by atoms with E-state index in [1.54, 1.807) is 6.92 Å². The van der Waals surface area contributed by atoms with Crippen molar-refractivity contribution in [3.05, 3.63) is 76.8 Å². The van der Waals surface area contributed by atoms with Crippen molar-refractivity contribution < 1.29 is 19.1 Å². The molecule has 0 saturated carbocycles. The van der Waals surface area contributed by atoms with Crippen molar-refractivity contribution in [3.8, 4) is 28.5 Å². The van der Waals surface area contributed by atoms with Gasteiger partial charge in [0.1, 0.15) is 10.6 Å². The maximum atomic E-state index is 12.7. The number of aromatic nitrogens is 1. The van der Waals surface area contributed by atoms with E-state index in [1.807, 2.05) is 66.9 Å². The van der Waals surface area contributed by atoms with Gasteiger partial charge in [-0.3, -0.25) is 0 Å². The van der Waals surface area contributed by atoms with Gasteiger partial charge in [0.2, 0.25) is 5.89 Å². The van der Waals surface area contributed by atoms with Crippen LogP contribution in [0.2, 0.25) is 0 Å². The Balaban J connectivity index is 1.70. The van der Waals surface area contributed by atoms with Gasteiger partial charge in [0, 0.05) is 16.5 Å². The maximum absolute atomic E-state index is 12.7. The van der Waals surface area contributed by atoms with E-state index in [0.717, 1.165) is 22.3 Å². The molecule has 0 aliphatic rings. The third kappa shape index (κ3) is 4.41. The molecule has 0 fully saturated rings. The summed E-state index contributed by atoms with van der Waals surface area (Å²) in [6, 6.07) is 17.2. The van der Waals surface area contributed by atoms with Crippen molar-refractivity contribution in [2.75, 3.05) is 6.61 Å². The summed E-state index contributed by atoms with van der Waals surface area (Å²) in [5, 5.41) is 12.5. The van der Waals surface area contributed by atoms with E-state index in [1.165, 1.54) is 17.6 Å². The Hall–Kier alpha value is -3.71. The first kappa shape index (κ1) is 20.6. The second-order valence-corrected chi connectivity index (χ2v) is 7.61. The number of aliphatic imine (C=N–C) groups is 1. The number of benzene rings is 2. The van der Waals surface area contributed by atoms with E-state index in [9.17, 15) is 9.90 Å². The first-order valence-corrected chi connectivity index (χ1v) is 10.6. The van der Waals surface area contributed by atoms with Gasteiger partial charge in [-0.2, -0.15) is 0 Å². The van der Waals surface area contributed by atoms with Crippen molar-refractivity contribution in [3.63, 3.8) is 0 Å². The molecule has 0 saturated heterocycles. The van der Waals surface area contributed by atoms with E-state index >= 15 is 0 Å². The molecule has 4 rings (SSSR count). The molecule has 31 heavy (non-hydrogen) atoms. The highest BCUT2D eigenvalue weighted by Gasteiger charge is 2.21. The first-order valence-electron chi connectivity index (χ1n) is 9.71. The number of rotatable bonds is 6. The smallest absolute Gasteiger partial charge is 0.341 e. The highest BCUT2D eigenvalue weighted by atomic mass is 32.1. The lowest BCUT2D eigenvalue weighted by Gasteiger charge is -2.06. The number of nitrogens with zero attached hydrogens (tertiary/aromatic N) is 2. The zero-order chi connectivity index (χ0) is 21.8. The fourth-order valence-electron chi connectivity index (χ4n) is 3.02. The summed E-state index contributed by atoms with van der Waals surface area (Å²) in [6.07, 6.45) is 1.39. The molecule has 6 nitrogen and oxygen atoms in total. The minimum atomic E-state index is -0.444. The number of aryl methyl sites for hydroxylation is 1. The lowest BCUT2D eigenvalue weighted by Crippen LogP contribution is -2.05. The fourth-order valence-corrected chi connectivity index (χ4v) is 3.93. The first-order chi connectivity index (χ1) is 15.1. The summed E-state index contributed by atoms with van der Waals surface area (Å²) < 4.78 is 10.6. The topological polar surface area (TPSA) is 84.9 Å². The number of carbonyl (C=O) groups is 1. The van der Waals surface area contributed by atoms with Gasteiger partial charge in [-0.05, 0) is 31.5 Å². The Morgan fingerprint density at radius 2 is 1.90 bits per heavy atom. The van der Waals surface area contributed by atoms with E-state index in [0.29, 0.717) is 10.6 Å². The number of thiophene rings is 1. The molecular weight excluding hydrogens is 412 g/mol. The maximum Gasteiger partial charge on any atom is 0.341 e. The molecule has 0 aliphatic heterocycles. The van der Waals surface area contributed by atoms with Crippen LogP contribution < -0.4 is 0 Å². The standard InChI is InChI=1S/C24H20N2O4S/c1-3-29-24(28)20-18(16-11-9-15(2)10-12-16)14-31-22(20)25-13-19-23(27)30-21(26-19)17-7-5-4-6-8-17/h4-14,27H,3H2,1-2H3. The predicted octanol–water partition coefficient (Wildman–Crippen LogP) is 6.01. The number of oxazole rings is 1. The summed E-state index contributed by atoms with van der Waals surface area (Å²) in [6.45, 7) is 4.03. The Morgan fingerprint density at radius 3 is 2.61 bits per heavy atom. The average molecular weight is 433 g/mol. The molecule has 4 aromatic rings. The highest BCUT2D eigenvalue weighted by Crippen LogP contribution is 2.38. The predicted molar refractivity (Wildman–Crippen MR) is 121 cm³/mol. The minimum absolute atomic E-state index is 0.180. The van der Waals surface area contributed by atoms with Crippen molar-refractivity contribution >= 4 is 28.5 Å². The van der Waals surface area contributed by atoms with Gasteiger partial charge in [0.15, 0.2) is 5.69 Å². The molecule has 2 heterocycles. The van der Waals surface area contributed by atoms with Crippen LogP contribution in [-0.4, -0.2) is 28.9 Å². The van der Waals surface area contributed by atoms with Crippen molar-refractivity contribution in [2.45, 2.75) is 13.8 Å². The molecular formula is C24H20N2O4S. The Kier molecular flexibility index (Phi) is 5.95. The third-order valence-electron chi connectivity index (χ3n) is 4.57. The zero-order valence-corrected chi connectivity index (χ0v) is 17.8. The van der Waals surface area contributed by atoms with Gasteiger partial charge < -0.3 is 14.3 Å². The van der Waals surface area contributed by atoms with Gasteiger partial charge in [-0.1, -0.05) is 48.0 Å². The molecule has 7 heteroatoms. The number of esters is 1. The Morgan fingerprint density at radius 1 is 1.16 bits per heavy atom. The second kappa shape index (κ2) is 8.97. The van der Waals surface area contributed by atoms with E-state index in [2.05, 4.69) is 9.98 Å². The number of aromatic hydroxyl groups is 1. The van der Waals surface area contributed by atoms with Gasteiger partial charge >= 0.3 is 11.9 Å². The summed E-state index contributed by atoms with van der Waals surface area (Å²) in [7, 11) is 0. The van der Waals surface area contributed by atoms with Crippen LogP contribution in [0, 0.1) is 6.92 Å². The molecule has 2 aromatic heterocycles.